The molecule has 0 aromatic heterocycles. The molecule has 2 aromatic carbocycles. The van der Waals surface area contributed by atoms with Crippen molar-refractivity contribution in [1.29, 1.82) is 0 Å². The molecule has 0 radical (unpaired) electrons. The van der Waals surface area contributed by atoms with Crippen molar-refractivity contribution in [3.63, 3.8) is 0 Å². The summed E-state index contributed by atoms with van der Waals surface area (Å²) in [6.45, 7) is 0.583. The smallest absolute Gasteiger partial charge is 0.129 e. The standard InChI is InChI=1S/C16H18FNO2/c17-15-9-5-4-8-14(15)16(20)12-18(10-11-19)13-6-2-1-3-7-13/h1-9,16,19-20H,10-12H2. The minimum Gasteiger partial charge on any atom is -0.395 e. The molecule has 2 N–H and O–H groups in total. The molecule has 4 heteroatoms. The number of rotatable bonds is 6. The summed E-state index contributed by atoms with van der Waals surface area (Å²) in [6, 6.07) is 15.6. The Morgan fingerprint density at radius 2 is 1.65 bits per heavy atom. The Hall–Kier alpha value is -1.91. The van der Waals surface area contributed by atoms with E-state index in [9.17, 15) is 9.50 Å². The summed E-state index contributed by atoms with van der Waals surface area (Å²) in [6.07, 6.45) is -0.942. The number of aliphatic hydroxyl groups excluding tert-OH is 2. The minimum absolute atomic E-state index is 0.0289. The summed E-state index contributed by atoms with van der Waals surface area (Å²) in [5, 5.41) is 19.3. The van der Waals surface area contributed by atoms with Gasteiger partial charge in [-0.2, -0.15) is 0 Å². The molecule has 0 spiro atoms. The van der Waals surface area contributed by atoms with E-state index < -0.39 is 11.9 Å². The summed E-state index contributed by atoms with van der Waals surface area (Å²) in [5.41, 5.74) is 1.16. The van der Waals surface area contributed by atoms with Crippen molar-refractivity contribution in [3.8, 4) is 0 Å². The van der Waals surface area contributed by atoms with E-state index in [1.54, 1.807) is 18.2 Å². The Morgan fingerprint density at radius 3 is 2.30 bits per heavy atom. The summed E-state index contributed by atoms with van der Waals surface area (Å²) < 4.78 is 13.7. The molecule has 106 valence electrons. The van der Waals surface area contributed by atoms with Crippen molar-refractivity contribution in [3.05, 3.63) is 66.0 Å². The third-order valence-corrected chi connectivity index (χ3v) is 3.15. The first-order valence-electron chi connectivity index (χ1n) is 6.55. The fourth-order valence-corrected chi connectivity index (χ4v) is 2.14. The van der Waals surface area contributed by atoms with Crippen molar-refractivity contribution >= 4 is 5.69 Å². The van der Waals surface area contributed by atoms with Crippen LogP contribution in [0.5, 0.6) is 0 Å². The van der Waals surface area contributed by atoms with E-state index in [4.69, 9.17) is 5.11 Å². The van der Waals surface area contributed by atoms with Gasteiger partial charge in [-0.1, -0.05) is 36.4 Å². The highest BCUT2D eigenvalue weighted by Gasteiger charge is 2.16. The lowest BCUT2D eigenvalue weighted by atomic mass is 10.1. The Bertz CT molecular complexity index is 533. The Labute approximate surface area is 117 Å². The molecule has 0 saturated heterocycles. The Balaban J connectivity index is 2.14. The topological polar surface area (TPSA) is 43.7 Å². The van der Waals surface area contributed by atoms with Crippen LogP contribution < -0.4 is 4.90 Å². The predicted octanol–water partition coefficient (Wildman–Crippen LogP) is 2.36. The van der Waals surface area contributed by atoms with Gasteiger partial charge in [0.15, 0.2) is 0 Å². The van der Waals surface area contributed by atoms with Gasteiger partial charge in [0.05, 0.1) is 12.7 Å². The summed E-state index contributed by atoms with van der Waals surface area (Å²) >= 11 is 0. The highest BCUT2D eigenvalue weighted by atomic mass is 19.1. The van der Waals surface area contributed by atoms with Gasteiger partial charge in [-0.25, -0.2) is 4.39 Å². The molecule has 1 unspecified atom stereocenters. The van der Waals surface area contributed by atoms with E-state index in [1.165, 1.54) is 6.07 Å². The predicted molar refractivity (Wildman–Crippen MR) is 77.1 cm³/mol. The number of hydrogen-bond donors (Lipinski definition) is 2. The highest BCUT2D eigenvalue weighted by molar-refractivity contribution is 5.46. The maximum absolute atomic E-state index is 13.7. The first-order valence-corrected chi connectivity index (χ1v) is 6.55. The number of hydrogen-bond acceptors (Lipinski definition) is 3. The number of para-hydroxylation sites is 1. The van der Waals surface area contributed by atoms with Crippen molar-refractivity contribution in [2.24, 2.45) is 0 Å². The molecular formula is C16H18FNO2. The van der Waals surface area contributed by atoms with Gasteiger partial charge in [0, 0.05) is 24.3 Å². The van der Waals surface area contributed by atoms with Gasteiger partial charge >= 0.3 is 0 Å². The second-order valence-electron chi connectivity index (χ2n) is 4.54. The largest absolute Gasteiger partial charge is 0.395 e. The van der Waals surface area contributed by atoms with Crippen LogP contribution >= 0.6 is 0 Å². The van der Waals surface area contributed by atoms with E-state index in [1.807, 2.05) is 35.2 Å². The second-order valence-corrected chi connectivity index (χ2v) is 4.54. The lowest BCUT2D eigenvalue weighted by Crippen LogP contribution is -2.31. The molecule has 0 saturated carbocycles. The van der Waals surface area contributed by atoms with Crippen LogP contribution in [0, 0.1) is 5.82 Å². The summed E-state index contributed by atoms with van der Waals surface area (Å²) in [5.74, 6) is -0.419. The molecule has 0 aliphatic rings. The zero-order chi connectivity index (χ0) is 14.4. The van der Waals surface area contributed by atoms with Crippen molar-refractivity contribution < 1.29 is 14.6 Å². The summed E-state index contributed by atoms with van der Waals surface area (Å²) in [4.78, 5) is 1.83. The van der Waals surface area contributed by atoms with Crippen LogP contribution in [-0.4, -0.2) is 29.9 Å². The Kier molecular flexibility index (Phi) is 5.09. The normalized spacial score (nSPS) is 12.2. The van der Waals surface area contributed by atoms with E-state index in [-0.39, 0.29) is 18.7 Å². The number of aliphatic hydroxyl groups is 2. The molecule has 20 heavy (non-hydrogen) atoms. The SMILES string of the molecule is OCCN(CC(O)c1ccccc1F)c1ccccc1. The van der Waals surface area contributed by atoms with Crippen LogP contribution in [0.1, 0.15) is 11.7 Å². The molecule has 2 aromatic rings. The second kappa shape index (κ2) is 7.03. The molecule has 0 aliphatic carbocycles. The maximum Gasteiger partial charge on any atom is 0.129 e. The fourth-order valence-electron chi connectivity index (χ4n) is 2.14. The highest BCUT2D eigenvalue weighted by Crippen LogP contribution is 2.21. The quantitative estimate of drug-likeness (QED) is 0.850. The van der Waals surface area contributed by atoms with Crippen LogP contribution in [0.4, 0.5) is 10.1 Å². The zero-order valence-electron chi connectivity index (χ0n) is 11.1. The van der Waals surface area contributed by atoms with E-state index in [2.05, 4.69) is 0 Å². The van der Waals surface area contributed by atoms with Gasteiger partial charge in [-0.15, -0.1) is 0 Å². The fraction of sp³-hybridized carbons (Fsp3) is 0.250. The lowest BCUT2D eigenvalue weighted by molar-refractivity contribution is 0.176. The van der Waals surface area contributed by atoms with Crippen LogP contribution in [0.3, 0.4) is 0 Å². The number of benzene rings is 2. The van der Waals surface area contributed by atoms with Crippen molar-refractivity contribution in [2.75, 3.05) is 24.6 Å². The maximum atomic E-state index is 13.7. The number of anilines is 1. The lowest BCUT2D eigenvalue weighted by Gasteiger charge is -2.27. The summed E-state index contributed by atoms with van der Waals surface area (Å²) in [7, 11) is 0. The van der Waals surface area contributed by atoms with Crippen molar-refractivity contribution in [1.82, 2.24) is 0 Å². The average molecular weight is 275 g/mol. The first-order chi connectivity index (χ1) is 9.72. The van der Waals surface area contributed by atoms with Crippen LogP contribution in [0.15, 0.2) is 54.6 Å². The van der Waals surface area contributed by atoms with Gasteiger partial charge in [0.2, 0.25) is 0 Å². The van der Waals surface area contributed by atoms with Gasteiger partial charge in [-0.05, 0) is 18.2 Å². The molecule has 3 nitrogen and oxygen atoms in total. The monoisotopic (exact) mass is 275 g/mol. The Morgan fingerprint density at radius 1 is 1.00 bits per heavy atom. The van der Waals surface area contributed by atoms with E-state index >= 15 is 0 Å². The van der Waals surface area contributed by atoms with Gasteiger partial charge in [-0.3, -0.25) is 0 Å². The third kappa shape index (κ3) is 3.56. The number of nitrogens with zero attached hydrogens (tertiary/aromatic N) is 1. The third-order valence-electron chi connectivity index (χ3n) is 3.15. The molecular weight excluding hydrogens is 257 g/mol. The van der Waals surface area contributed by atoms with Gasteiger partial charge in [0.1, 0.15) is 5.82 Å². The average Bonchev–Trinajstić information content (AvgIpc) is 2.48. The van der Waals surface area contributed by atoms with Crippen molar-refractivity contribution in [2.45, 2.75) is 6.10 Å². The van der Waals surface area contributed by atoms with E-state index in [0.717, 1.165) is 5.69 Å². The molecule has 0 amide bonds. The van der Waals surface area contributed by atoms with Gasteiger partial charge < -0.3 is 15.1 Å². The molecule has 0 fully saturated rings. The van der Waals surface area contributed by atoms with Crippen LogP contribution in [0.25, 0.3) is 0 Å². The van der Waals surface area contributed by atoms with Crippen LogP contribution in [0.2, 0.25) is 0 Å². The van der Waals surface area contributed by atoms with Crippen LogP contribution in [-0.2, 0) is 0 Å². The molecule has 2 rings (SSSR count). The minimum atomic E-state index is -0.942. The number of halogens is 1. The molecule has 0 heterocycles. The molecule has 0 aliphatic heterocycles. The molecule has 1 atom stereocenters. The molecule has 0 bridgehead atoms. The zero-order valence-corrected chi connectivity index (χ0v) is 11.1. The van der Waals surface area contributed by atoms with Gasteiger partial charge in [0.25, 0.3) is 0 Å². The van der Waals surface area contributed by atoms with E-state index in [0.29, 0.717) is 6.54 Å². The first kappa shape index (κ1) is 14.5.